The van der Waals surface area contributed by atoms with E-state index in [0.29, 0.717) is 12.3 Å². The third kappa shape index (κ3) is 5.02. The Bertz CT molecular complexity index is 767. The van der Waals surface area contributed by atoms with Crippen molar-refractivity contribution < 1.29 is 23.6 Å². The summed E-state index contributed by atoms with van der Waals surface area (Å²) in [6.07, 6.45) is 1.18. The number of hydrogen-bond donors (Lipinski definition) is 3. The minimum Gasteiger partial charge on any atom is -0.323 e. The van der Waals surface area contributed by atoms with E-state index < -0.39 is 41.8 Å². The highest BCUT2D eigenvalue weighted by Gasteiger charge is 2.47. The second kappa shape index (κ2) is 8.15. The van der Waals surface area contributed by atoms with Crippen molar-refractivity contribution in [1.82, 2.24) is 15.5 Å². The van der Waals surface area contributed by atoms with E-state index in [2.05, 4.69) is 10.6 Å². The largest absolute Gasteiger partial charge is 0.326 e. The number of benzene rings is 1. The van der Waals surface area contributed by atoms with E-state index in [1.54, 1.807) is 6.92 Å². The first kappa shape index (κ1) is 20.3. The fourth-order valence-electron chi connectivity index (χ4n) is 2.66. The maximum absolute atomic E-state index is 13.5. The van der Waals surface area contributed by atoms with Gasteiger partial charge < -0.3 is 10.6 Å². The smallest absolute Gasteiger partial charge is 0.323 e. The number of halogens is 1. The van der Waals surface area contributed by atoms with E-state index in [0.717, 1.165) is 17.4 Å². The van der Waals surface area contributed by atoms with Crippen molar-refractivity contribution in [2.45, 2.75) is 39.2 Å². The number of imide groups is 2. The molecule has 6 amide bonds. The van der Waals surface area contributed by atoms with Gasteiger partial charge in [0, 0.05) is 0 Å². The molecule has 0 aliphatic carbocycles. The Kier molecular flexibility index (Phi) is 6.14. The molecule has 3 N–H and O–H groups in total. The van der Waals surface area contributed by atoms with Crippen LogP contribution in [-0.2, 0) is 9.59 Å². The van der Waals surface area contributed by atoms with E-state index >= 15 is 0 Å². The summed E-state index contributed by atoms with van der Waals surface area (Å²) >= 11 is 0. The van der Waals surface area contributed by atoms with Gasteiger partial charge in [-0.25, -0.2) is 14.0 Å². The van der Waals surface area contributed by atoms with Crippen LogP contribution in [0, 0.1) is 11.7 Å². The number of amides is 6. The number of rotatable bonds is 6. The van der Waals surface area contributed by atoms with Crippen molar-refractivity contribution in [2.24, 2.45) is 5.92 Å². The van der Waals surface area contributed by atoms with Crippen LogP contribution in [0.1, 0.15) is 33.6 Å². The van der Waals surface area contributed by atoms with Crippen LogP contribution in [0.2, 0.25) is 0 Å². The van der Waals surface area contributed by atoms with Gasteiger partial charge >= 0.3 is 12.1 Å². The van der Waals surface area contributed by atoms with Gasteiger partial charge in [-0.2, -0.15) is 0 Å². The van der Waals surface area contributed by atoms with Crippen molar-refractivity contribution in [3.05, 3.63) is 30.1 Å². The molecule has 27 heavy (non-hydrogen) atoms. The molecule has 0 radical (unpaired) electrons. The van der Waals surface area contributed by atoms with Crippen molar-refractivity contribution in [1.29, 1.82) is 0 Å². The lowest BCUT2D eigenvalue weighted by Gasteiger charge is -2.22. The molecule has 1 heterocycles. The number of urea groups is 2. The first-order valence-electron chi connectivity index (χ1n) is 8.62. The second-order valence-electron chi connectivity index (χ2n) is 7.07. The van der Waals surface area contributed by atoms with Crippen LogP contribution in [0.4, 0.5) is 19.7 Å². The molecular weight excluding hydrogens is 355 g/mol. The summed E-state index contributed by atoms with van der Waals surface area (Å²) in [7, 11) is 0. The van der Waals surface area contributed by atoms with Crippen LogP contribution in [0.5, 0.6) is 0 Å². The molecule has 0 saturated carbocycles. The fourth-order valence-corrected chi connectivity index (χ4v) is 2.66. The Morgan fingerprint density at radius 2 is 1.93 bits per heavy atom. The fraction of sp³-hybridized carbons (Fsp3) is 0.444. The van der Waals surface area contributed by atoms with Crippen LogP contribution < -0.4 is 16.0 Å². The van der Waals surface area contributed by atoms with Gasteiger partial charge in [-0.1, -0.05) is 26.0 Å². The van der Waals surface area contributed by atoms with Crippen LogP contribution >= 0.6 is 0 Å². The molecule has 1 atom stereocenters. The minimum absolute atomic E-state index is 0.0981. The molecule has 1 saturated heterocycles. The van der Waals surface area contributed by atoms with Crippen molar-refractivity contribution >= 4 is 29.6 Å². The normalized spacial score (nSPS) is 19.2. The predicted molar refractivity (Wildman–Crippen MR) is 96.3 cm³/mol. The van der Waals surface area contributed by atoms with Crippen molar-refractivity contribution in [3.8, 4) is 0 Å². The molecular formula is C18H23FN4O4. The lowest BCUT2D eigenvalue weighted by molar-refractivity contribution is -0.134. The van der Waals surface area contributed by atoms with Crippen molar-refractivity contribution in [3.63, 3.8) is 0 Å². The summed E-state index contributed by atoms with van der Waals surface area (Å²) in [6.45, 7) is 5.01. The number of carbonyl (C=O) groups is 4. The molecule has 9 heteroatoms. The van der Waals surface area contributed by atoms with Crippen molar-refractivity contribution in [2.75, 3.05) is 11.9 Å². The van der Waals surface area contributed by atoms with Crippen LogP contribution in [0.3, 0.4) is 0 Å². The third-order valence-corrected chi connectivity index (χ3v) is 4.24. The Balaban J connectivity index is 1.93. The van der Waals surface area contributed by atoms with Gasteiger partial charge in [0.05, 0.1) is 5.69 Å². The molecule has 1 fully saturated rings. The molecule has 146 valence electrons. The topological polar surface area (TPSA) is 108 Å². The standard InChI is InChI=1S/C18H23FN4O4/c1-11(2)8-9-18(3)15(25)23(17(27)22-18)10-14(24)21-16(26)20-13-7-5-4-6-12(13)19/h4-7,11H,8-10H2,1-3H3,(H,22,27)(H2,20,21,24,26)/t18-/m1/s1. The maximum atomic E-state index is 13.5. The SMILES string of the molecule is CC(C)CC[C@@]1(C)NC(=O)N(CC(=O)NC(=O)Nc2ccccc2F)C1=O. The van der Waals surface area contributed by atoms with Gasteiger partial charge in [-0.15, -0.1) is 0 Å². The van der Waals surface area contributed by atoms with Gasteiger partial charge in [-0.05, 0) is 37.8 Å². The Hall–Kier alpha value is -2.97. The van der Waals surface area contributed by atoms with Crippen LogP contribution in [0.25, 0.3) is 0 Å². The molecule has 1 aliphatic rings. The lowest BCUT2D eigenvalue weighted by atomic mass is 9.92. The maximum Gasteiger partial charge on any atom is 0.326 e. The van der Waals surface area contributed by atoms with Crippen LogP contribution in [0.15, 0.2) is 24.3 Å². The summed E-state index contributed by atoms with van der Waals surface area (Å²) in [5.74, 6) is -1.68. The number of anilines is 1. The zero-order chi connectivity index (χ0) is 20.2. The van der Waals surface area contributed by atoms with E-state index in [4.69, 9.17) is 0 Å². The van der Waals surface area contributed by atoms with E-state index in [-0.39, 0.29) is 5.69 Å². The average Bonchev–Trinajstić information content (AvgIpc) is 2.79. The molecule has 0 spiro atoms. The Morgan fingerprint density at radius 3 is 2.56 bits per heavy atom. The quantitative estimate of drug-likeness (QED) is 0.660. The molecule has 0 bridgehead atoms. The molecule has 1 aliphatic heterocycles. The first-order chi connectivity index (χ1) is 12.6. The molecule has 8 nitrogen and oxygen atoms in total. The minimum atomic E-state index is -1.07. The van der Waals surface area contributed by atoms with E-state index in [9.17, 15) is 23.6 Å². The number of para-hydroxylation sites is 1. The molecule has 0 aromatic heterocycles. The van der Waals surface area contributed by atoms with Gasteiger partial charge in [-0.3, -0.25) is 19.8 Å². The highest BCUT2D eigenvalue weighted by Crippen LogP contribution is 2.24. The first-order valence-corrected chi connectivity index (χ1v) is 8.62. The van der Waals surface area contributed by atoms with Gasteiger partial charge in [0.25, 0.3) is 5.91 Å². The third-order valence-electron chi connectivity index (χ3n) is 4.24. The zero-order valence-corrected chi connectivity index (χ0v) is 15.5. The summed E-state index contributed by atoms with van der Waals surface area (Å²) in [6, 6.07) is 3.82. The summed E-state index contributed by atoms with van der Waals surface area (Å²) in [5, 5.41) is 6.76. The lowest BCUT2D eigenvalue weighted by Crippen LogP contribution is -2.46. The van der Waals surface area contributed by atoms with E-state index in [1.165, 1.54) is 18.2 Å². The van der Waals surface area contributed by atoms with Gasteiger partial charge in [0.2, 0.25) is 5.91 Å². The number of nitrogens with zero attached hydrogens (tertiary/aromatic N) is 1. The summed E-state index contributed by atoms with van der Waals surface area (Å²) in [4.78, 5) is 49.2. The van der Waals surface area contributed by atoms with Crippen LogP contribution in [-0.4, -0.2) is 40.9 Å². The highest BCUT2D eigenvalue weighted by molar-refractivity contribution is 6.10. The van der Waals surface area contributed by atoms with Gasteiger partial charge in [0.1, 0.15) is 17.9 Å². The second-order valence-corrected chi connectivity index (χ2v) is 7.07. The molecule has 2 rings (SSSR count). The summed E-state index contributed by atoms with van der Waals surface area (Å²) < 4.78 is 13.5. The predicted octanol–water partition coefficient (Wildman–Crippen LogP) is 2.22. The van der Waals surface area contributed by atoms with Gasteiger partial charge in [0.15, 0.2) is 0 Å². The number of hydrogen-bond acceptors (Lipinski definition) is 4. The zero-order valence-electron chi connectivity index (χ0n) is 15.5. The highest BCUT2D eigenvalue weighted by atomic mass is 19.1. The number of nitrogens with one attached hydrogen (secondary N) is 3. The molecule has 1 aromatic rings. The monoisotopic (exact) mass is 378 g/mol. The summed E-state index contributed by atoms with van der Waals surface area (Å²) in [5.41, 5.74) is -1.17. The number of carbonyl (C=O) groups excluding carboxylic acids is 4. The average molecular weight is 378 g/mol. The Morgan fingerprint density at radius 1 is 1.26 bits per heavy atom. The molecule has 1 aromatic carbocycles. The van der Waals surface area contributed by atoms with E-state index in [1.807, 2.05) is 19.2 Å². The Labute approximate surface area is 156 Å². The molecule has 0 unspecified atom stereocenters.